The number of ether oxygens (including phenoxy) is 2. The van der Waals surface area contributed by atoms with E-state index in [1.54, 1.807) is 16.7 Å². The van der Waals surface area contributed by atoms with Crippen molar-refractivity contribution in [2.45, 2.75) is 29.5 Å². The first-order valence-corrected chi connectivity index (χ1v) is 16.5. The molecule has 6 unspecified atom stereocenters. The Balaban J connectivity index is 1.15. The summed E-state index contributed by atoms with van der Waals surface area (Å²) in [5, 5.41) is 0.920. The number of morpholine rings is 1. The summed E-state index contributed by atoms with van der Waals surface area (Å²) < 4.78 is 11.6. The number of nitrogens with zero attached hydrogens (tertiary/aromatic N) is 2. The highest BCUT2D eigenvalue weighted by molar-refractivity contribution is 8.00. The number of anilines is 1. The summed E-state index contributed by atoms with van der Waals surface area (Å²) in [5.74, 6) is -0.521. The van der Waals surface area contributed by atoms with Crippen LogP contribution in [0, 0.1) is 36.5 Å². The number of nitrogens with one attached hydrogen (secondary N) is 1. The maximum atomic E-state index is 14.0. The number of hydrogen-bond acceptors (Lipinski definition) is 8. The number of imide groups is 1. The SMILES string of the molecule is Cc1ccc(N2C(=O)C3C4CC(C3C2=O)C2C4Sc3[nH]c(=O)sc3[C@@H]2c2ccccc2OCC(=O)N2CCOCC2)cc1. The Kier molecular flexibility index (Phi) is 6.54. The summed E-state index contributed by atoms with van der Waals surface area (Å²) >= 11 is 2.88. The molecule has 3 aromatic rings. The number of benzene rings is 2. The summed E-state index contributed by atoms with van der Waals surface area (Å²) in [4.78, 5) is 60.5. The lowest BCUT2D eigenvalue weighted by Gasteiger charge is -2.43. The van der Waals surface area contributed by atoms with E-state index in [2.05, 4.69) is 4.98 Å². The average molecular weight is 618 g/mol. The third-order valence-electron chi connectivity index (χ3n) is 9.99. The number of amides is 3. The van der Waals surface area contributed by atoms with Crippen molar-refractivity contribution in [1.29, 1.82) is 0 Å². The van der Waals surface area contributed by atoms with Gasteiger partial charge in [0.15, 0.2) is 6.61 Å². The molecule has 43 heavy (non-hydrogen) atoms. The highest BCUT2D eigenvalue weighted by Crippen LogP contribution is 2.69. The van der Waals surface area contributed by atoms with Gasteiger partial charge in [-0.05, 0) is 49.3 Å². The molecule has 4 fully saturated rings. The van der Waals surface area contributed by atoms with E-state index < -0.39 is 0 Å². The number of aromatic nitrogens is 1. The van der Waals surface area contributed by atoms with Gasteiger partial charge in [-0.1, -0.05) is 47.2 Å². The van der Waals surface area contributed by atoms with Crippen LogP contribution in [0.4, 0.5) is 5.69 Å². The van der Waals surface area contributed by atoms with Gasteiger partial charge in [0.1, 0.15) is 5.75 Å². The number of para-hydroxylation sites is 1. The average Bonchev–Trinajstić information content (AvgIpc) is 3.76. The number of hydrogen-bond donors (Lipinski definition) is 1. The van der Waals surface area contributed by atoms with Crippen LogP contribution in [0.1, 0.15) is 28.3 Å². The molecule has 11 heteroatoms. The topological polar surface area (TPSA) is 109 Å². The number of carbonyl (C=O) groups excluding carboxylic acids is 3. The van der Waals surface area contributed by atoms with Crippen LogP contribution >= 0.6 is 23.1 Å². The largest absolute Gasteiger partial charge is 0.483 e. The van der Waals surface area contributed by atoms with Gasteiger partial charge in [-0.3, -0.25) is 24.1 Å². The number of fused-ring (bicyclic) bond motifs is 9. The van der Waals surface area contributed by atoms with E-state index in [1.165, 1.54) is 16.2 Å². The second-order valence-electron chi connectivity index (χ2n) is 12.1. The summed E-state index contributed by atoms with van der Waals surface area (Å²) in [6.07, 6.45) is 0.811. The molecule has 2 saturated heterocycles. The fourth-order valence-electron chi connectivity index (χ4n) is 8.23. The van der Waals surface area contributed by atoms with Crippen molar-refractivity contribution < 1.29 is 23.9 Å². The van der Waals surface area contributed by atoms with E-state index in [9.17, 15) is 19.2 Å². The molecule has 1 aromatic heterocycles. The zero-order valence-electron chi connectivity index (χ0n) is 23.6. The Morgan fingerprint density at radius 3 is 2.49 bits per heavy atom. The monoisotopic (exact) mass is 617 g/mol. The van der Waals surface area contributed by atoms with Crippen LogP contribution in [0.5, 0.6) is 5.75 Å². The molecule has 7 atom stereocenters. The van der Waals surface area contributed by atoms with Crippen molar-refractivity contribution in [3.8, 4) is 5.75 Å². The quantitative estimate of drug-likeness (QED) is 0.436. The number of thioether (sulfide) groups is 1. The molecule has 9 nitrogen and oxygen atoms in total. The van der Waals surface area contributed by atoms with Crippen molar-refractivity contribution in [1.82, 2.24) is 9.88 Å². The van der Waals surface area contributed by atoms with Gasteiger partial charge in [0.2, 0.25) is 11.8 Å². The molecule has 4 heterocycles. The number of aromatic amines is 1. The van der Waals surface area contributed by atoms with Crippen LogP contribution < -0.4 is 14.5 Å². The minimum atomic E-state index is -0.378. The van der Waals surface area contributed by atoms with Gasteiger partial charge in [-0.2, -0.15) is 0 Å². The van der Waals surface area contributed by atoms with E-state index in [4.69, 9.17) is 9.47 Å². The Morgan fingerprint density at radius 2 is 1.72 bits per heavy atom. The minimum Gasteiger partial charge on any atom is -0.483 e. The molecule has 222 valence electrons. The fraction of sp³-hybridized carbons (Fsp3) is 0.438. The Hall–Kier alpha value is -3.41. The number of H-pyrrole nitrogens is 1. The fourth-order valence-corrected chi connectivity index (χ4v) is 11.1. The summed E-state index contributed by atoms with van der Waals surface area (Å²) in [5.41, 5.74) is 2.62. The van der Waals surface area contributed by atoms with Gasteiger partial charge in [0.25, 0.3) is 5.91 Å². The van der Waals surface area contributed by atoms with Crippen molar-refractivity contribution in [2.24, 2.45) is 29.6 Å². The molecule has 2 saturated carbocycles. The highest BCUT2D eigenvalue weighted by Gasteiger charge is 2.69. The van der Waals surface area contributed by atoms with Crippen LogP contribution in [0.15, 0.2) is 58.4 Å². The summed E-state index contributed by atoms with van der Waals surface area (Å²) in [7, 11) is 0. The number of rotatable bonds is 5. The van der Waals surface area contributed by atoms with Crippen molar-refractivity contribution in [2.75, 3.05) is 37.8 Å². The molecular weight excluding hydrogens is 587 g/mol. The lowest BCUT2D eigenvalue weighted by Crippen LogP contribution is -2.43. The highest BCUT2D eigenvalue weighted by atomic mass is 32.2. The van der Waals surface area contributed by atoms with E-state index in [0.717, 1.165) is 27.5 Å². The second kappa shape index (κ2) is 10.3. The number of thiazole rings is 1. The standard InChI is InChI=1S/C32H31N3O6S2/c1-16-6-8-17(9-7-16)35-30(37)25-19-14-20(26(25)31(35)38)27-24(19)23(28-29(42-27)33-32(39)43-28)18-4-2-3-5-21(18)41-15-22(36)34-10-12-40-13-11-34/h2-9,19-20,23-27H,10-15H2,1H3,(H,33,39)/t19?,20?,23-,24?,25?,26?,27?/m1/s1. The van der Waals surface area contributed by atoms with E-state index in [-0.39, 0.29) is 70.0 Å². The number of carbonyl (C=O) groups is 3. The first-order valence-electron chi connectivity index (χ1n) is 14.8. The lowest BCUT2D eigenvalue weighted by atomic mass is 9.68. The van der Waals surface area contributed by atoms with Gasteiger partial charge in [-0.15, -0.1) is 11.8 Å². The Labute approximate surface area is 256 Å². The molecule has 8 rings (SSSR count). The van der Waals surface area contributed by atoms with Gasteiger partial charge in [0.05, 0.1) is 35.8 Å². The summed E-state index contributed by atoms with van der Waals surface area (Å²) in [6, 6.07) is 15.3. The molecule has 2 aromatic carbocycles. The smallest absolute Gasteiger partial charge is 0.305 e. The van der Waals surface area contributed by atoms with E-state index >= 15 is 0 Å². The third kappa shape index (κ3) is 4.22. The van der Waals surface area contributed by atoms with E-state index in [0.29, 0.717) is 37.7 Å². The van der Waals surface area contributed by atoms with Crippen LogP contribution in [0.3, 0.4) is 0 Å². The molecular formula is C32H31N3O6S2. The normalized spacial score (nSPS) is 30.8. The second-order valence-corrected chi connectivity index (χ2v) is 14.3. The first-order chi connectivity index (χ1) is 20.9. The maximum Gasteiger partial charge on any atom is 0.305 e. The molecule has 5 aliphatic rings. The van der Waals surface area contributed by atoms with Crippen molar-refractivity contribution in [3.63, 3.8) is 0 Å². The maximum absolute atomic E-state index is 14.0. The van der Waals surface area contributed by atoms with Crippen LogP contribution in [0.25, 0.3) is 0 Å². The van der Waals surface area contributed by atoms with Crippen LogP contribution in [-0.2, 0) is 19.1 Å². The first kappa shape index (κ1) is 27.2. The minimum absolute atomic E-state index is 0.00205. The predicted octanol–water partition coefficient (Wildman–Crippen LogP) is 3.66. The lowest BCUT2D eigenvalue weighted by molar-refractivity contribution is -0.137. The molecule has 1 N–H and O–H groups in total. The Morgan fingerprint density at radius 1 is 1.00 bits per heavy atom. The van der Waals surface area contributed by atoms with Gasteiger partial charge in [-0.25, -0.2) is 0 Å². The number of aryl methyl sites for hydroxylation is 1. The zero-order chi connectivity index (χ0) is 29.4. The molecule has 2 aliphatic carbocycles. The molecule has 0 spiro atoms. The predicted molar refractivity (Wildman–Crippen MR) is 162 cm³/mol. The summed E-state index contributed by atoms with van der Waals surface area (Å²) in [6.45, 7) is 4.04. The molecule has 3 amide bonds. The van der Waals surface area contributed by atoms with Gasteiger partial charge < -0.3 is 19.4 Å². The van der Waals surface area contributed by atoms with Gasteiger partial charge in [0, 0.05) is 34.7 Å². The van der Waals surface area contributed by atoms with Crippen LogP contribution in [0.2, 0.25) is 0 Å². The van der Waals surface area contributed by atoms with Crippen molar-refractivity contribution in [3.05, 3.63) is 74.2 Å². The third-order valence-corrected chi connectivity index (χ3v) is 12.6. The Bertz CT molecular complexity index is 1680. The zero-order valence-corrected chi connectivity index (χ0v) is 25.2. The molecule has 0 radical (unpaired) electrons. The van der Waals surface area contributed by atoms with Gasteiger partial charge >= 0.3 is 4.87 Å². The van der Waals surface area contributed by atoms with Crippen LogP contribution in [-0.4, -0.2) is 65.8 Å². The van der Waals surface area contributed by atoms with Crippen molar-refractivity contribution >= 4 is 46.5 Å². The molecule has 3 aliphatic heterocycles. The molecule has 2 bridgehead atoms. The van der Waals surface area contributed by atoms with E-state index in [1.807, 2.05) is 55.5 Å².